The molecule has 0 amide bonds. The molecule has 2 N–H and O–H groups in total. The van der Waals surface area contributed by atoms with E-state index in [9.17, 15) is 0 Å². The third kappa shape index (κ3) is 4.87. The first kappa shape index (κ1) is 12.1. The van der Waals surface area contributed by atoms with Gasteiger partial charge in [-0.25, -0.2) is 0 Å². The lowest BCUT2D eigenvalue weighted by atomic mass is 10.6. The van der Waals surface area contributed by atoms with Crippen LogP contribution >= 0.6 is 0 Å². The molecular weight excluding hydrogens is 170 g/mol. The van der Waals surface area contributed by atoms with Crippen LogP contribution in [0.25, 0.3) is 0 Å². The molecule has 0 aromatic heterocycles. The third-order valence-corrected chi connectivity index (χ3v) is 4.77. The Kier molecular flexibility index (Phi) is 5.74. The van der Waals surface area contributed by atoms with Crippen molar-refractivity contribution in [2.45, 2.75) is 46.0 Å². The fourth-order valence-corrected chi connectivity index (χ4v) is 3.95. The molecule has 0 bridgehead atoms. The molecule has 2 unspecified atom stereocenters. The van der Waals surface area contributed by atoms with Crippen LogP contribution in [0.3, 0.4) is 0 Å². The van der Waals surface area contributed by atoms with E-state index in [1.165, 1.54) is 0 Å². The largest absolute Gasteiger partial charge is 0.395 e. The Labute approximate surface area is 76.5 Å². The topological polar surface area (TPSA) is 44.5 Å². The molecule has 74 valence electrons. The van der Waals surface area contributed by atoms with Crippen molar-refractivity contribution in [1.82, 2.24) is 0 Å². The Bertz CT molecular complexity index is 114. The lowest BCUT2D eigenvalue weighted by Gasteiger charge is -2.28. The highest BCUT2D eigenvalue weighted by atomic mass is 28.4. The maximum atomic E-state index is 5.62. The zero-order chi connectivity index (χ0) is 9.61. The summed E-state index contributed by atoms with van der Waals surface area (Å²) in [7, 11) is -1.94. The van der Waals surface area contributed by atoms with E-state index in [2.05, 4.69) is 13.5 Å². The van der Waals surface area contributed by atoms with E-state index in [-0.39, 0.29) is 6.23 Å². The van der Waals surface area contributed by atoms with Crippen LogP contribution in [-0.2, 0) is 8.85 Å². The molecule has 0 aliphatic carbocycles. The molecular formula is C8H21NO2Si. The average Bonchev–Trinajstić information content (AvgIpc) is 1.85. The van der Waals surface area contributed by atoms with Crippen LogP contribution in [0.15, 0.2) is 0 Å². The summed E-state index contributed by atoms with van der Waals surface area (Å²) in [6.07, 6.45) is 0.884. The van der Waals surface area contributed by atoms with Crippen LogP contribution in [0.5, 0.6) is 0 Å². The Morgan fingerprint density at radius 1 is 1.42 bits per heavy atom. The molecule has 0 saturated carbocycles. The Balaban J connectivity index is 3.98. The molecule has 4 heteroatoms. The molecule has 0 aromatic carbocycles. The quantitative estimate of drug-likeness (QED) is 0.514. The summed E-state index contributed by atoms with van der Waals surface area (Å²) >= 11 is 0. The van der Waals surface area contributed by atoms with Gasteiger partial charge in [-0.1, -0.05) is 13.3 Å². The minimum Gasteiger partial charge on any atom is -0.395 e. The zero-order valence-electron chi connectivity index (χ0n) is 8.59. The van der Waals surface area contributed by atoms with E-state index in [4.69, 9.17) is 14.6 Å². The van der Waals surface area contributed by atoms with Gasteiger partial charge >= 0.3 is 8.56 Å². The summed E-state index contributed by atoms with van der Waals surface area (Å²) in [5.41, 5.74) is 5.57. The van der Waals surface area contributed by atoms with Crippen molar-refractivity contribution < 1.29 is 8.85 Å². The minimum absolute atomic E-state index is 0.209. The predicted molar refractivity (Wildman–Crippen MR) is 53.1 cm³/mol. The van der Waals surface area contributed by atoms with Gasteiger partial charge in [0.1, 0.15) is 0 Å². The smallest absolute Gasteiger partial charge is 0.336 e. The molecule has 0 heterocycles. The van der Waals surface area contributed by atoms with Crippen molar-refractivity contribution in [3.05, 3.63) is 0 Å². The Morgan fingerprint density at radius 3 is 2.33 bits per heavy atom. The minimum atomic E-state index is -1.94. The third-order valence-electron chi connectivity index (χ3n) is 1.59. The SMILES string of the molecule is CCC[Si](C)(OCC)OC(C)N. The molecule has 0 rings (SSSR count). The molecule has 0 aliphatic rings. The summed E-state index contributed by atoms with van der Waals surface area (Å²) < 4.78 is 11.2. The normalized spacial score (nSPS) is 18.8. The Morgan fingerprint density at radius 2 is 2.00 bits per heavy atom. The van der Waals surface area contributed by atoms with Crippen LogP contribution < -0.4 is 5.73 Å². The van der Waals surface area contributed by atoms with E-state index in [0.717, 1.165) is 19.1 Å². The van der Waals surface area contributed by atoms with Gasteiger partial charge in [0.15, 0.2) is 0 Å². The summed E-state index contributed by atoms with van der Waals surface area (Å²) in [5, 5.41) is 0. The highest BCUT2D eigenvalue weighted by Gasteiger charge is 2.30. The summed E-state index contributed by atoms with van der Waals surface area (Å²) in [4.78, 5) is 0. The average molecular weight is 191 g/mol. The maximum Gasteiger partial charge on any atom is 0.336 e. The first-order valence-corrected chi connectivity index (χ1v) is 7.13. The highest BCUT2D eigenvalue weighted by Crippen LogP contribution is 2.16. The second-order valence-corrected chi connectivity index (χ2v) is 6.43. The Hall–Kier alpha value is 0.0969. The van der Waals surface area contributed by atoms with Gasteiger partial charge in [-0.2, -0.15) is 0 Å². The zero-order valence-corrected chi connectivity index (χ0v) is 9.59. The molecule has 0 aliphatic heterocycles. The van der Waals surface area contributed by atoms with Crippen LogP contribution in [0.4, 0.5) is 0 Å². The van der Waals surface area contributed by atoms with Crippen molar-refractivity contribution in [2.75, 3.05) is 6.61 Å². The number of nitrogens with two attached hydrogens (primary N) is 1. The predicted octanol–water partition coefficient (Wildman–Crippen LogP) is 1.83. The van der Waals surface area contributed by atoms with Crippen molar-refractivity contribution >= 4 is 8.56 Å². The number of hydrogen-bond acceptors (Lipinski definition) is 3. The molecule has 2 atom stereocenters. The lowest BCUT2D eigenvalue weighted by Crippen LogP contribution is -2.43. The van der Waals surface area contributed by atoms with Crippen molar-refractivity contribution in [1.29, 1.82) is 0 Å². The molecule has 0 saturated heterocycles. The summed E-state index contributed by atoms with van der Waals surface area (Å²) in [6, 6.07) is 1.02. The monoisotopic (exact) mass is 191 g/mol. The molecule has 0 spiro atoms. The molecule has 12 heavy (non-hydrogen) atoms. The van der Waals surface area contributed by atoms with Gasteiger partial charge in [0.25, 0.3) is 0 Å². The highest BCUT2D eigenvalue weighted by molar-refractivity contribution is 6.66. The van der Waals surface area contributed by atoms with Gasteiger partial charge in [-0.3, -0.25) is 0 Å². The van der Waals surface area contributed by atoms with Crippen molar-refractivity contribution in [3.8, 4) is 0 Å². The molecule has 0 fully saturated rings. The van der Waals surface area contributed by atoms with Crippen LogP contribution in [-0.4, -0.2) is 21.4 Å². The van der Waals surface area contributed by atoms with Crippen LogP contribution in [0.1, 0.15) is 27.2 Å². The number of rotatable bonds is 6. The van der Waals surface area contributed by atoms with Crippen LogP contribution in [0, 0.1) is 0 Å². The van der Waals surface area contributed by atoms with Gasteiger partial charge < -0.3 is 14.6 Å². The summed E-state index contributed by atoms with van der Waals surface area (Å²) in [6.45, 7) is 8.76. The van der Waals surface area contributed by atoms with Crippen molar-refractivity contribution in [2.24, 2.45) is 5.73 Å². The van der Waals surface area contributed by atoms with Crippen molar-refractivity contribution in [3.63, 3.8) is 0 Å². The second-order valence-electron chi connectivity index (χ2n) is 3.14. The molecule has 0 radical (unpaired) electrons. The van der Waals surface area contributed by atoms with Gasteiger partial charge in [0.2, 0.25) is 0 Å². The van der Waals surface area contributed by atoms with E-state index in [1.807, 2.05) is 13.8 Å². The standard InChI is InChI=1S/C8H21NO2Si/c1-5-7-12(4,10-6-2)11-8(3)9/h8H,5-7,9H2,1-4H3. The van der Waals surface area contributed by atoms with Gasteiger partial charge in [-0.05, 0) is 26.4 Å². The lowest BCUT2D eigenvalue weighted by molar-refractivity contribution is 0.134. The first-order chi connectivity index (χ1) is 5.54. The fraction of sp³-hybridized carbons (Fsp3) is 1.00. The van der Waals surface area contributed by atoms with Crippen LogP contribution in [0.2, 0.25) is 12.6 Å². The fourth-order valence-electron chi connectivity index (χ4n) is 1.32. The van der Waals surface area contributed by atoms with Gasteiger partial charge in [0, 0.05) is 6.61 Å². The second kappa shape index (κ2) is 5.69. The van der Waals surface area contributed by atoms with E-state index >= 15 is 0 Å². The van der Waals surface area contributed by atoms with E-state index in [0.29, 0.717) is 0 Å². The molecule has 0 aromatic rings. The number of hydrogen-bond donors (Lipinski definition) is 1. The van der Waals surface area contributed by atoms with E-state index in [1.54, 1.807) is 0 Å². The van der Waals surface area contributed by atoms with Gasteiger partial charge in [0.05, 0.1) is 6.23 Å². The summed E-state index contributed by atoms with van der Waals surface area (Å²) in [5.74, 6) is 0. The van der Waals surface area contributed by atoms with E-state index < -0.39 is 8.56 Å². The maximum absolute atomic E-state index is 5.62. The molecule has 3 nitrogen and oxygen atoms in total. The first-order valence-electron chi connectivity index (χ1n) is 4.61. The van der Waals surface area contributed by atoms with Gasteiger partial charge in [-0.15, -0.1) is 0 Å².